The summed E-state index contributed by atoms with van der Waals surface area (Å²) in [7, 11) is 0. The minimum absolute atomic E-state index is 1.10. The fraction of sp³-hybridized carbons (Fsp3) is 0.0182. The zero-order valence-corrected chi connectivity index (χ0v) is 32.8. The van der Waals surface area contributed by atoms with Crippen LogP contribution in [-0.2, 0) is 0 Å². The number of nitrogens with zero attached hydrogens (tertiary/aromatic N) is 2. The van der Waals surface area contributed by atoms with E-state index in [-0.39, 0.29) is 0 Å². The van der Waals surface area contributed by atoms with Crippen LogP contribution < -0.4 is 4.90 Å². The van der Waals surface area contributed by atoms with Crippen LogP contribution in [0.15, 0.2) is 212 Å². The Morgan fingerprint density at radius 2 is 0.845 bits per heavy atom. The highest BCUT2D eigenvalue weighted by Gasteiger charge is 2.16. The van der Waals surface area contributed by atoms with Crippen LogP contribution in [0.5, 0.6) is 0 Å². The molecular weight excluding hydrogens is 721 g/mol. The van der Waals surface area contributed by atoms with Crippen molar-refractivity contribution in [3.63, 3.8) is 0 Å². The van der Waals surface area contributed by atoms with E-state index >= 15 is 0 Å². The van der Waals surface area contributed by atoms with Gasteiger partial charge >= 0.3 is 0 Å². The molecule has 0 bridgehead atoms. The third-order valence-corrected chi connectivity index (χ3v) is 12.6. The molecule has 0 fully saturated rings. The molecule has 0 spiro atoms. The molecule has 0 saturated heterocycles. The molecule has 0 amide bonds. The Hall–Kier alpha value is -7.20. The first-order valence-electron chi connectivity index (χ1n) is 19.8. The molecule has 3 heteroatoms. The zero-order valence-electron chi connectivity index (χ0n) is 32.0. The van der Waals surface area contributed by atoms with Gasteiger partial charge in [0.25, 0.3) is 0 Å². The summed E-state index contributed by atoms with van der Waals surface area (Å²) < 4.78 is 5.02. The van der Waals surface area contributed by atoms with E-state index in [1.165, 1.54) is 86.6 Å². The molecule has 2 heterocycles. The maximum absolute atomic E-state index is 2.37. The zero-order chi connectivity index (χ0) is 38.6. The summed E-state index contributed by atoms with van der Waals surface area (Å²) in [6.45, 7) is 2.15. The lowest BCUT2D eigenvalue weighted by molar-refractivity contribution is 1.18. The number of anilines is 3. The van der Waals surface area contributed by atoms with Crippen LogP contribution in [-0.4, -0.2) is 4.57 Å². The average molecular weight is 759 g/mol. The molecule has 11 rings (SSSR count). The Labute approximate surface area is 342 Å². The Balaban J connectivity index is 0.971. The highest BCUT2D eigenvalue weighted by atomic mass is 32.1. The van der Waals surface area contributed by atoms with Crippen molar-refractivity contribution >= 4 is 70.4 Å². The Morgan fingerprint density at radius 1 is 0.345 bits per heavy atom. The molecule has 274 valence electrons. The average Bonchev–Trinajstić information content (AvgIpc) is 3.83. The molecule has 0 atom stereocenters. The van der Waals surface area contributed by atoms with E-state index in [2.05, 4.69) is 229 Å². The smallest absolute Gasteiger partial charge is 0.0541 e. The molecule has 0 aliphatic heterocycles. The van der Waals surface area contributed by atoms with Gasteiger partial charge in [0.15, 0.2) is 0 Å². The number of benzene rings is 9. The molecule has 9 aromatic carbocycles. The lowest BCUT2D eigenvalue weighted by Gasteiger charge is -2.26. The van der Waals surface area contributed by atoms with Crippen molar-refractivity contribution < 1.29 is 0 Å². The summed E-state index contributed by atoms with van der Waals surface area (Å²) in [6, 6.07) is 77.5. The molecule has 2 nitrogen and oxygen atoms in total. The molecule has 2 aromatic heterocycles. The topological polar surface area (TPSA) is 8.17 Å². The molecule has 0 N–H and O–H groups in total. The van der Waals surface area contributed by atoms with Gasteiger partial charge in [0, 0.05) is 53.7 Å². The SMILES string of the molecule is Cc1cccc(-c2ccc(N(c3ccc(-c4ccc5sc6ccccc6c5c4)cc3)c3ccc(-c4ccc5c(c4)c4ccccc4n5-c4ccccc4)cc3)cc2)c1. The third-order valence-electron chi connectivity index (χ3n) is 11.5. The quantitative estimate of drug-likeness (QED) is 0.157. The first-order chi connectivity index (χ1) is 28.6. The van der Waals surface area contributed by atoms with Gasteiger partial charge in [-0.3, -0.25) is 0 Å². The Kier molecular flexibility index (Phi) is 8.27. The van der Waals surface area contributed by atoms with Crippen LogP contribution in [0.25, 0.3) is 81.0 Å². The summed E-state index contributed by atoms with van der Waals surface area (Å²) in [5.74, 6) is 0. The maximum atomic E-state index is 2.37. The first kappa shape index (κ1) is 34.1. The van der Waals surface area contributed by atoms with Crippen LogP contribution in [0, 0.1) is 6.92 Å². The second-order valence-electron chi connectivity index (χ2n) is 15.1. The predicted molar refractivity (Wildman–Crippen MR) is 249 cm³/mol. The summed E-state index contributed by atoms with van der Waals surface area (Å²) in [4.78, 5) is 2.36. The standard InChI is InChI=1S/C55H38N2S/c1-37-10-9-11-41(34-37)38-18-26-45(27-19-38)56(47-30-22-40(23-31-47)43-25-33-55-51(36-43)49-15-6-8-17-54(49)58-55)46-28-20-39(21-29-46)42-24-32-53-50(35-42)48-14-5-7-16-52(48)57(53)44-12-3-2-4-13-44/h2-36H,1H3. The number of hydrogen-bond donors (Lipinski definition) is 0. The van der Waals surface area contributed by atoms with Crippen molar-refractivity contribution in [1.82, 2.24) is 4.57 Å². The van der Waals surface area contributed by atoms with Crippen LogP contribution >= 0.6 is 11.3 Å². The monoisotopic (exact) mass is 758 g/mol. The van der Waals surface area contributed by atoms with E-state index in [4.69, 9.17) is 0 Å². The lowest BCUT2D eigenvalue weighted by atomic mass is 10.0. The minimum atomic E-state index is 1.10. The van der Waals surface area contributed by atoms with E-state index in [1.54, 1.807) is 0 Å². The summed E-state index contributed by atoms with van der Waals surface area (Å²) in [6.07, 6.45) is 0. The van der Waals surface area contributed by atoms with Gasteiger partial charge < -0.3 is 9.47 Å². The van der Waals surface area contributed by atoms with E-state index < -0.39 is 0 Å². The normalized spacial score (nSPS) is 11.5. The molecule has 0 unspecified atom stereocenters. The van der Waals surface area contributed by atoms with Crippen LogP contribution in [0.3, 0.4) is 0 Å². The fourth-order valence-electron chi connectivity index (χ4n) is 8.59. The van der Waals surface area contributed by atoms with E-state index in [0.29, 0.717) is 0 Å². The Bertz CT molecular complexity index is 3260. The van der Waals surface area contributed by atoms with Gasteiger partial charge in [-0.1, -0.05) is 133 Å². The second-order valence-corrected chi connectivity index (χ2v) is 16.2. The fourth-order valence-corrected chi connectivity index (χ4v) is 9.68. The van der Waals surface area contributed by atoms with Crippen molar-refractivity contribution in [2.24, 2.45) is 0 Å². The van der Waals surface area contributed by atoms with Crippen molar-refractivity contribution in [1.29, 1.82) is 0 Å². The number of hydrogen-bond acceptors (Lipinski definition) is 2. The molecule has 0 aliphatic carbocycles. The third kappa shape index (κ3) is 5.96. The highest BCUT2D eigenvalue weighted by Crippen LogP contribution is 2.41. The van der Waals surface area contributed by atoms with Gasteiger partial charge in [0.05, 0.1) is 11.0 Å². The molecule has 0 saturated carbocycles. The molecule has 0 aliphatic rings. The largest absolute Gasteiger partial charge is 0.311 e. The van der Waals surface area contributed by atoms with E-state index in [9.17, 15) is 0 Å². The van der Waals surface area contributed by atoms with Gasteiger partial charge in [-0.15, -0.1) is 11.3 Å². The number of fused-ring (bicyclic) bond motifs is 6. The summed E-state index contributed by atoms with van der Waals surface area (Å²) in [5.41, 5.74) is 15.4. The van der Waals surface area contributed by atoms with E-state index in [0.717, 1.165) is 17.1 Å². The van der Waals surface area contributed by atoms with Crippen molar-refractivity contribution in [2.75, 3.05) is 4.90 Å². The highest BCUT2D eigenvalue weighted by molar-refractivity contribution is 7.25. The molecule has 0 radical (unpaired) electrons. The maximum Gasteiger partial charge on any atom is 0.0541 e. The number of aryl methyl sites for hydroxylation is 1. The van der Waals surface area contributed by atoms with Crippen molar-refractivity contribution in [2.45, 2.75) is 6.92 Å². The lowest BCUT2D eigenvalue weighted by Crippen LogP contribution is -2.09. The van der Waals surface area contributed by atoms with Gasteiger partial charge in [0.1, 0.15) is 0 Å². The number of para-hydroxylation sites is 2. The van der Waals surface area contributed by atoms with Gasteiger partial charge in [-0.05, 0) is 125 Å². The van der Waals surface area contributed by atoms with Crippen LogP contribution in [0.2, 0.25) is 0 Å². The number of rotatable bonds is 7. The number of aromatic nitrogens is 1. The Morgan fingerprint density at radius 3 is 1.50 bits per heavy atom. The van der Waals surface area contributed by atoms with E-state index in [1.807, 2.05) is 11.3 Å². The van der Waals surface area contributed by atoms with Crippen molar-refractivity contribution in [3.8, 4) is 39.1 Å². The number of thiophene rings is 1. The van der Waals surface area contributed by atoms with Gasteiger partial charge in [-0.2, -0.15) is 0 Å². The molecule has 58 heavy (non-hydrogen) atoms. The van der Waals surface area contributed by atoms with Crippen LogP contribution in [0.4, 0.5) is 17.1 Å². The first-order valence-corrected chi connectivity index (χ1v) is 20.6. The minimum Gasteiger partial charge on any atom is -0.311 e. The second kappa shape index (κ2) is 14.1. The van der Waals surface area contributed by atoms with Crippen LogP contribution in [0.1, 0.15) is 5.56 Å². The molecular formula is C55H38N2S. The summed E-state index contributed by atoms with van der Waals surface area (Å²) >= 11 is 1.86. The molecule has 11 aromatic rings. The summed E-state index contributed by atoms with van der Waals surface area (Å²) in [5, 5.41) is 5.15. The van der Waals surface area contributed by atoms with Crippen molar-refractivity contribution in [3.05, 3.63) is 218 Å². The van der Waals surface area contributed by atoms with Gasteiger partial charge in [0.2, 0.25) is 0 Å². The van der Waals surface area contributed by atoms with Gasteiger partial charge in [-0.25, -0.2) is 0 Å². The predicted octanol–water partition coefficient (Wildman–Crippen LogP) is 15.9.